The molecule has 1 saturated carbocycles. The lowest BCUT2D eigenvalue weighted by molar-refractivity contribution is -0.138. The number of nitrogens with one attached hydrogen (secondary N) is 1. The number of fused-ring (bicyclic) bond motifs is 2. The van der Waals surface area contributed by atoms with Crippen LogP contribution in [0.5, 0.6) is 0 Å². The fraction of sp³-hybridized carbons (Fsp3) is 0.526. The lowest BCUT2D eigenvalue weighted by Crippen LogP contribution is -2.51. The number of primary amides is 1. The third kappa shape index (κ3) is 2.49. The Labute approximate surface area is 152 Å². The predicted molar refractivity (Wildman–Crippen MR) is 96.0 cm³/mol. The average Bonchev–Trinajstić information content (AvgIpc) is 3.11. The fourth-order valence-electron chi connectivity index (χ4n) is 4.53. The van der Waals surface area contributed by atoms with Gasteiger partial charge in [0.1, 0.15) is 6.04 Å². The van der Waals surface area contributed by atoms with E-state index in [-0.39, 0.29) is 24.8 Å². The van der Waals surface area contributed by atoms with Crippen molar-refractivity contribution in [1.29, 1.82) is 0 Å². The number of hydrogen-bond acceptors (Lipinski definition) is 4. The summed E-state index contributed by atoms with van der Waals surface area (Å²) in [5.74, 6) is -0.584. The Kier molecular flexibility index (Phi) is 3.99. The molecule has 2 aliphatic heterocycles. The zero-order valence-electron chi connectivity index (χ0n) is 14.6. The van der Waals surface area contributed by atoms with Crippen LogP contribution in [0.2, 0.25) is 0 Å². The summed E-state index contributed by atoms with van der Waals surface area (Å²) in [5, 5.41) is 2.87. The Balaban J connectivity index is 1.62. The fourth-order valence-corrected chi connectivity index (χ4v) is 4.53. The van der Waals surface area contributed by atoms with E-state index < -0.39 is 23.4 Å². The lowest BCUT2D eigenvalue weighted by Gasteiger charge is -2.31. The number of benzene rings is 1. The van der Waals surface area contributed by atoms with Crippen molar-refractivity contribution in [3.8, 4) is 0 Å². The predicted octanol–water partition coefficient (Wildman–Crippen LogP) is 0.480. The van der Waals surface area contributed by atoms with Gasteiger partial charge in [-0.05, 0) is 30.4 Å². The third-order valence-electron chi connectivity index (χ3n) is 6.22. The molecule has 0 aromatic heterocycles. The van der Waals surface area contributed by atoms with Gasteiger partial charge in [-0.25, -0.2) is 0 Å². The van der Waals surface area contributed by atoms with E-state index in [0.29, 0.717) is 12.3 Å². The van der Waals surface area contributed by atoms with E-state index in [9.17, 15) is 14.4 Å². The second-order valence-corrected chi connectivity index (χ2v) is 7.81. The first-order valence-corrected chi connectivity index (χ1v) is 9.19. The van der Waals surface area contributed by atoms with Crippen LogP contribution >= 0.6 is 0 Å². The Bertz CT molecular complexity index is 776. The van der Waals surface area contributed by atoms with Crippen LogP contribution in [0.1, 0.15) is 37.7 Å². The molecule has 1 aromatic rings. The molecule has 7 heteroatoms. The number of amides is 3. The Morgan fingerprint density at radius 3 is 2.69 bits per heavy atom. The van der Waals surface area contributed by atoms with E-state index in [4.69, 9.17) is 11.5 Å². The number of rotatable bonds is 4. The van der Waals surface area contributed by atoms with Gasteiger partial charge in [0.05, 0.1) is 11.5 Å². The van der Waals surface area contributed by atoms with Gasteiger partial charge in [0.2, 0.25) is 17.7 Å². The minimum absolute atomic E-state index is 0.140. The van der Waals surface area contributed by atoms with Crippen LogP contribution in [0.4, 0.5) is 5.69 Å². The minimum Gasteiger partial charge on any atom is -0.368 e. The number of anilines is 1. The van der Waals surface area contributed by atoms with Gasteiger partial charge >= 0.3 is 0 Å². The number of carbonyl (C=O) groups excluding carboxylic acids is 3. The van der Waals surface area contributed by atoms with Crippen LogP contribution < -0.4 is 16.8 Å². The van der Waals surface area contributed by atoms with Crippen molar-refractivity contribution in [3.63, 3.8) is 0 Å². The highest BCUT2D eigenvalue weighted by Gasteiger charge is 2.57. The molecule has 138 valence electrons. The first-order valence-electron chi connectivity index (χ1n) is 9.19. The molecular weight excluding hydrogens is 332 g/mol. The summed E-state index contributed by atoms with van der Waals surface area (Å²) in [7, 11) is 0. The van der Waals surface area contributed by atoms with Crippen molar-refractivity contribution in [2.45, 2.75) is 49.6 Å². The molecule has 0 bridgehead atoms. The van der Waals surface area contributed by atoms with E-state index >= 15 is 0 Å². The molecule has 2 fully saturated rings. The van der Waals surface area contributed by atoms with Crippen molar-refractivity contribution in [1.82, 2.24) is 4.90 Å². The van der Waals surface area contributed by atoms with Gasteiger partial charge in [0.15, 0.2) is 0 Å². The largest absolute Gasteiger partial charge is 0.368 e. The van der Waals surface area contributed by atoms with Gasteiger partial charge in [-0.2, -0.15) is 0 Å². The highest BCUT2D eigenvalue weighted by Crippen LogP contribution is 2.46. The van der Waals surface area contributed by atoms with E-state index in [2.05, 4.69) is 5.32 Å². The molecule has 2 heterocycles. The molecule has 0 radical (unpaired) electrons. The number of nitrogens with zero attached hydrogens (tertiary/aromatic N) is 1. The molecule has 1 spiro atoms. The maximum Gasteiger partial charge on any atom is 0.240 e. The first-order chi connectivity index (χ1) is 12.4. The molecule has 3 aliphatic rings. The minimum atomic E-state index is -0.928. The number of para-hydroxylation sites is 1. The smallest absolute Gasteiger partial charge is 0.240 e. The molecule has 3 amide bonds. The van der Waals surface area contributed by atoms with Gasteiger partial charge in [0.25, 0.3) is 0 Å². The van der Waals surface area contributed by atoms with Crippen LogP contribution in [-0.2, 0) is 19.8 Å². The van der Waals surface area contributed by atoms with Crippen molar-refractivity contribution >= 4 is 23.4 Å². The summed E-state index contributed by atoms with van der Waals surface area (Å²) in [6, 6.07) is 5.92. The number of hydrogen-bond donors (Lipinski definition) is 3. The Hall–Kier alpha value is -2.41. The second-order valence-electron chi connectivity index (χ2n) is 7.81. The molecule has 7 nitrogen and oxygen atoms in total. The van der Waals surface area contributed by atoms with E-state index in [1.807, 2.05) is 24.3 Å². The van der Waals surface area contributed by atoms with Gasteiger partial charge in [0, 0.05) is 12.2 Å². The topological polar surface area (TPSA) is 119 Å². The van der Waals surface area contributed by atoms with E-state index in [0.717, 1.165) is 24.1 Å². The molecule has 1 saturated heterocycles. The summed E-state index contributed by atoms with van der Waals surface area (Å²) < 4.78 is 0. The van der Waals surface area contributed by atoms with Gasteiger partial charge < -0.3 is 21.7 Å². The first kappa shape index (κ1) is 17.0. The molecule has 5 N–H and O–H groups in total. The normalized spacial score (nSPS) is 28.6. The Morgan fingerprint density at radius 2 is 2.04 bits per heavy atom. The molecule has 26 heavy (non-hydrogen) atoms. The highest BCUT2D eigenvalue weighted by molar-refractivity contribution is 6.08. The third-order valence-corrected chi connectivity index (χ3v) is 6.22. The van der Waals surface area contributed by atoms with Crippen LogP contribution in [-0.4, -0.2) is 41.2 Å². The quantitative estimate of drug-likeness (QED) is 0.727. The lowest BCUT2D eigenvalue weighted by atomic mass is 9.79. The number of likely N-dealkylation sites (tertiary alicyclic amines) is 1. The summed E-state index contributed by atoms with van der Waals surface area (Å²) >= 11 is 0. The standard InChI is InChI=1S/C19H24N4O3/c20-13(8-11-4-3-5-11)17(25)23-10-19(9-15(23)16(21)24)12-6-1-2-7-14(12)22-18(19)26/h1-2,6-7,11,13,15H,3-5,8-10,20H2,(H2,21,24)(H,22,26)/t13?,15-,19-/m0/s1. The molecule has 4 rings (SSSR count). The summed E-state index contributed by atoms with van der Waals surface area (Å²) in [5.41, 5.74) is 12.3. The molecule has 1 aliphatic carbocycles. The zero-order chi connectivity index (χ0) is 18.5. The van der Waals surface area contributed by atoms with Crippen LogP contribution in [0, 0.1) is 5.92 Å². The van der Waals surface area contributed by atoms with E-state index in [1.165, 1.54) is 11.3 Å². The molecular formula is C19H24N4O3. The van der Waals surface area contributed by atoms with Gasteiger partial charge in [-0.3, -0.25) is 14.4 Å². The van der Waals surface area contributed by atoms with Crippen LogP contribution in [0.15, 0.2) is 24.3 Å². The summed E-state index contributed by atoms with van der Waals surface area (Å²) in [6.45, 7) is 0.140. The monoisotopic (exact) mass is 356 g/mol. The maximum absolute atomic E-state index is 13.0. The van der Waals surface area contributed by atoms with Crippen molar-refractivity contribution < 1.29 is 14.4 Å². The number of carbonyl (C=O) groups is 3. The zero-order valence-corrected chi connectivity index (χ0v) is 14.6. The van der Waals surface area contributed by atoms with Crippen molar-refractivity contribution in [3.05, 3.63) is 29.8 Å². The second kappa shape index (κ2) is 6.09. The van der Waals surface area contributed by atoms with Crippen LogP contribution in [0.3, 0.4) is 0 Å². The SMILES string of the molecule is NC(=O)[C@@H]1C[C@@]2(CN1C(=O)C(N)CC1CCC1)C(=O)Nc1ccccc12. The molecule has 1 aromatic carbocycles. The van der Waals surface area contributed by atoms with Gasteiger partial charge in [-0.1, -0.05) is 37.5 Å². The van der Waals surface area contributed by atoms with Crippen molar-refractivity contribution in [2.75, 3.05) is 11.9 Å². The molecule has 3 atom stereocenters. The van der Waals surface area contributed by atoms with Crippen molar-refractivity contribution in [2.24, 2.45) is 17.4 Å². The van der Waals surface area contributed by atoms with Gasteiger partial charge in [-0.15, -0.1) is 0 Å². The highest BCUT2D eigenvalue weighted by atomic mass is 16.2. The maximum atomic E-state index is 13.0. The Morgan fingerprint density at radius 1 is 1.31 bits per heavy atom. The summed E-state index contributed by atoms with van der Waals surface area (Å²) in [6.07, 6.45) is 4.20. The average molecular weight is 356 g/mol. The number of nitrogens with two attached hydrogens (primary N) is 2. The van der Waals surface area contributed by atoms with Crippen LogP contribution in [0.25, 0.3) is 0 Å². The summed E-state index contributed by atoms with van der Waals surface area (Å²) in [4.78, 5) is 39.2. The van der Waals surface area contributed by atoms with E-state index in [1.54, 1.807) is 0 Å². The molecule has 1 unspecified atom stereocenters.